The summed E-state index contributed by atoms with van der Waals surface area (Å²) in [6, 6.07) is 11.4. The first kappa shape index (κ1) is 30.3. The van der Waals surface area contributed by atoms with Crippen molar-refractivity contribution in [1.82, 2.24) is 9.62 Å². The minimum absolute atomic E-state index is 0.0569. The van der Waals surface area contributed by atoms with E-state index in [-0.39, 0.29) is 31.6 Å². The molecular weight excluding hydrogens is 625 g/mol. The van der Waals surface area contributed by atoms with Gasteiger partial charge >= 0.3 is 6.03 Å². The van der Waals surface area contributed by atoms with Gasteiger partial charge in [0.15, 0.2) is 0 Å². The Hall–Kier alpha value is -3.20. The summed E-state index contributed by atoms with van der Waals surface area (Å²) in [5, 5.41) is 5.85. The molecule has 2 aliphatic rings. The average molecular weight is 653 g/mol. The van der Waals surface area contributed by atoms with Crippen molar-refractivity contribution in [2.75, 3.05) is 54.9 Å². The highest BCUT2D eigenvalue weighted by Gasteiger charge is 2.32. The van der Waals surface area contributed by atoms with E-state index >= 15 is 0 Å². The Labute approximate surface area is 256 Å². The Morgan fingerprint density at radius 2 is 1.71 bits per heavy atom. The molecule has 4 amide bonds. The number of hydrogen-bond donors (Lipinski definition) is 3. The van der Waals surface area contributed by atoms with Crippen molar-refractivity contribution in [2.45, 2.75) is 17.1 Å². The largest absolute Gasteiger partial charge is 0.385 e. The van der Waals surface area contributed by atoms with Gasteiger partial charge in [-0.3, -0.25) is 14.5 Å². The fourth-order valence-electron chi connectivity index (χ4n) is 4.64. The van der Waals surface area contributed by atoms with Crippen molar-refractivity contribution in [3.05, 3.63) is 69.0 Å². The van der Waals surface area contributed by atoms with E-state index in [0.717, 1.165) is 73.8 Å². The molecule has 11 nitrogen and oxygen atoms in total. The molecule has 3 aromatic rings. The van der Waals surface area contributed by atoms with Gasteiger partial charge in [-0.1, -0.05) is 23.2 Å². The van der Waals surface area contributed by atoms with Crippen molar-refractivity contribution in [1.29, 1.82) is 0 Å². The molecule has 2 aliphatic heterocycles. The lowest BCUT2D eigenvalue weighted by Crippen LogP contribution is -2.42. The van der Waals surface area contributed by atoms with Crippen LogP contribution in [0.2, 0.25) is 9.36 Å². The topological polar surface area (TPSA) is 137 Å². The lowest BCUT2D eigenvalue weighted by Gasteiger charge is -2.27. The number of sulfonamides is 1. The highest BCUT2D eigenvalue weighted by Crippen LogP contribution is 2.34. The van der Waals surface area contributed by atoms with Crippen LogP contribution in [-0.4, -0.2) is 70.6 Å². The van der Waals surface area contributed by atoms with Crippen LogP contribution in [0, 0.1) is 0 Å². The van der Waals surface area contributed by atoms with Gasteiger partial charge in [0.1, 0.15) is 8.55 Å². The van der Waals surface area contributed by atoms with E-state index in [9.17, 15) is 22.8 Å². The van der Waals surface area contributed by atoms with Crippen LogP contribution >= 0.6 is 34.5 Å². The summed E-state index contributed by atoms with van der Waals surface area (Å²) in [5.41, 5.74) is 2.52. The fraction of sp³-hybridized carbons (Fsp3) is 0.296. The molecular formula is C27H27Cl2N5O6S2. The van der Waals surface area contributed by atoms with Gasteiger partial charge in [0.05, 0.1) is 30.3 Å². The number of nitrogens with one attached hydrogen (secondary N) is 3. The molecule has 222 valence electrons. The number of carbonyl (C=O) groups is 3. The molecule has 0 radical (unpaired) electrons. The van der Waals surface area contributed by atoms with Crippen molar-refractivity contribution >= 4 is 79.5 Å². The maximum atomic E-state index is 13.3. The van der Waals surface area contributed by atoms with E-state index in [1.807, 2.05) is 16.9 Å². The highest BCUT2D eigenvalue weighted by atomic mass is 35.5. The number of hydrogen-bond acceptors (Lipinski definition) is 9. The Balaban J connectivity index is 1.18. The number of imide groups is 1. The van der Waals surface area contributed by atoms with Gasteiger partial charge in [0.25, 0.3) is 15.9 Å². The van der Waals surface area contributed by atoms with Gasteiger partial charge in [0, 0.05) is 36.6 Å². The molecule has 15 heteroatoms. The maximum Gasteiger partial charge on any atom is 0.333 e. The second-order valence-corrected chi connectivity index (χ2v) is 13.6. The SMILES string of the molecule is O=C(Nc1ccc(N2C(=O)Cc3cc(NCCCN4CCOCC4)ccc3C2=O)cc1)NS(=O)(=O)c1cc(Cl)c(Cl)s1. The molecule has 3 heterocycles. The zero-order chi connectivity index (χ0) is 29.9. The average Bonchev–Trinajstić information content (AvgIpc) is 3.31. The fourth-order valence-corrected chi connectivity index (χ4v) is 7.43. The number of nitrogens with zero attached hydrogens (tertiary/aromatic N) is 2. The first-order valence-electron chi connectivity index (χ1n) is 13.0. The quantitative estimate of drug-likeness (QED) is 0.228. The third-order valence-corrected chi connectivity index (χ3v) is 10.4. The smallest absolute Gasteiger partial charge is 0.333 e. The summed E-state index contributed by atoms with van der Waals surface area (Å²) < 4.78 is 32.0. The number of benzene rings is 2. The normalized spacial score (nSPS) is 15.8. The van der Waals surface area contributed by atoms with E-state index in [1.165, 1.54) is 24.3 Å². The van der Waals surface area contributed by atoms with Gasteiger partial charge < -0.3 is 15.4 Å². The van der Waals surface area contributed by atoms with Gasteiger partial charge in [-0.2, -0.15) is 0 Å². The summed E-state index contributed by atoms with van der Waals surface area (Å²) in [5.74, 6) is -0.826. The summed E-state index contributed by atoms with van der Waals surface area (Å²) in [6.07, 6.45) is 1.02. The van der Waals surface area contributed by atoms with Crippen LogP contribution in [-0.2, 0) is 26.0 Å². The number of morpholine rings is 1. The summed E-state index contributed by atoms with van der Waals surface area (Å²) >= 11 is 12.3. The first-order chi connectivity index (χ1) is 20.1. The van der Waals surface area contributed by atoms with Gasteiger partial charge in [0.2, 0.25) is 5.91 Å². The van der Waals surface area contributed by atoms with Crippen LogP contribution < -0.4 is 20.3 Å². The standard InChI is InChI=1S/C27H27Cl2N5O6S2/c28-22-16-24(41-25(22)29)42(38,39)32-27(37)31-18-2-5-20(6-3-18)34-23(35)15-17-14-19(4-7-21(17)26(34)36)30-8-1-9-33-10-12-40-13-11-33/h2-7,14,16,30H,1,8-13,15H2,(H2,31,32,37). The molecule has 1 aromatic heterocycles. The zero-order valence-corrected chi connectivity index (χ0v) is 25.3. The van der Waals surface area contributed by atoms with Gasteiger partial charge in [-0.15, -0.1) is 11.3 Å². The summed E-state index contributed by atoms with van der Waals surface area (Å²) in [6.45, 7) is 5.17. The lowest BCUT2D eigenvalue weighted by atomic mass is 9.97. The Morgan fingerprint density at radius 3 is 2.40 bits per heavy atom. The van der Waals surface area contributed by atoms with Crippen LogP contribution in [0.3, 0.4) is 0 Å². The Bertz CT molecular complexity index is 1590. The maximum absolute atomic E-state index is 13.3. The minimum atomic E-state index is -4.18. The number of ether oxygens (including phenoxy) is 1. The molecule has 1 saturated heterocycles. The van der Waals surface area contributed by atoms with Crippen LogP contribution in [0.15, 0.2) is 52.7 Å². The number of halogens is 2. The number of anilines is 3. The predicted octanol–water partition coefficient (Wildman–Crippen LogP) is 4.43. The lowest BCUT2D eigenvalue weighted by molar-refractivity contribution is -0.117. The summed E-state index contributed by atoms with van der Waals surface area (Å²) in [4.78, 5) is 42.0. The minimum Gasteiger partial charge on any atom is -0.385 e. The molecule has 0 bridgehead atoms. The second kappa shape index (κ2) is 13.0. The van der Waals surface area contributed by atoms with E-state index < -0.39 is 22.0 Å². The predicted molar refractivity (Wildman–Crippen MR) is 162 cm³/mol. The third kappa shape index (κ3) is 7.05. The van der Waals surface area contributed by atoms with Crippen molar-refractivity contribution < 1.29 is 27.5 Å². The summed E-state index contributed by atoms with van der Waals surface area (Å²) in [7, 11) is -4.18. The number of rotatable bonds is 9. The van der Waals surface area contributed by atoms with E-state index in [4.69, 9.17) is 27.9 Å². The van der Waals surface area contributed by atoms with Crippen molar-refractivity contribution in [2.24, 2.45) is 0 Å². The molecule has 0 atom stereocenters. The van der Waals surface area contributed by atoms with E-state index in [0.29, 0.717) is 16.8 Å². The zero-order valence-electron chi connectivity index (χ0n) is 22.2. The van der Waals surface area contributed by atoms with Crippen molar-refractivity contribution in [3.63, 3.8) is 0 Å². The second-order valence-electron chi connectivity index (χ2n) is 9.61. The molecule has 0 saturated carbocycles. The van der Waals surface area contributed by atoms with Crippen LogP contribution in [0.5, 0.6) is 0 Å². The van der Waals surface area contributed by atoms with Gasteiger partial charge in [-0.05, 0) is 67.1 Å². The number of urea groups is 1. The van der Waals surface area contributed by atoms with Gasteiger partial charge in [-0.25, -0.2) is 22.8 Å². The monoisotopic (exact) mass is 651 g/mol. The van der Waals surface area contributed by atoms with Crippen LogP contribution in [0.4, 0.5) is 21.9 Å². The molecule has 0 unspecified atom stereocenters. The molecule has 0 spiro atoms. The van der Waals surface area contributed by atoms with E-state index in [2.05, 4.69) is 15.5 Å². The Morgan fingerprint density at radius 1 is 1.00 bits per heavy atom. The number of thiophene rings is 1. The highest BCUT2D eigenvalue weighted by molar-refractivity contribution is 7.92. The molecule has 1 fully saturated rings. The van der Waals surface area contributed by atoms with Crippen LogP contribution in [0.25, 0.3) is 0 Å². The Kier molecular flexibility index (Phi) is 9.35. The van der Waals surface area contributed by atoms with Crippen molar-refractivity contribution in [3.8, 4) is 0 Å². The molecule has 2 aromatic carbocycles. The molecule has 42 heavy (non-hydrogen) atoms. The molecule has 0 aliphatic carbocycles. The number of carbonyl (C=O) groups excluding carboxylic acids is 3. The third-order valence-electron chi connectivity index (χ3n) is 6.71. The number of fused-ring (bicyclic) bond motifs is 1. The molecule has 3 N–H and O–H groups in total. The molecule has 5 rings (SSSR count). The first-order valence-corrected chi connectivity index (χ1v) is 16.1. The number of amides is 4. The van der Waals surface area contributed by atoms with Crippen LogP contribution in [0.1, 0.15) is 22.3 Å². The van der Waals surface area contributed by atoms with E-state index in [1.54, 1.807) is 6.07 Å².